The van der Waals surface area contributed by atoms with Crippen LogP contribution in [0.25, 0.3) is 0 Å². The number of ether oxygens (including phenoxy) is 1. The minimum absolute atomic E-state index is 0.176. The van der Waals surface area contributed by atoms with Crippen LogP contribution in [0.2, 0.25) is 0 Å². The fourth-order valence-corrected chi connectivity index (χ4v) is 2.05. The molecule has 96 valence electrons. The molecule has 0 bridgehead atoms. The van der Waals surface area contributed by atoms with Crippen LogP contribution in [-0.2, 0) is 15.3 Å². The van der Waals surface area contributed by atoms with Crippen molar-refractivity contribution in [3.63, 3.8) is 0 Å². The Morgan fingerprint density at radius 1 is 1.50 bits per heavy atom. The van der Waals surface area contributed by atoms with Gasteiger partial charge in [-0.05, 0) is 23.6 Å². The van der Waals surface area contributed by atoms with Crippen molar-refractivity contribution in [2.24, 2.45) is 5.92 Å². The highest BCUT2D eigenvalue weighted by molar-refractivity contribution is 7.99. The number of hydrogen-bond acceptors (Lipinski definition) is 4. The molecule has 0 fully saturated rings. The van der Waals surface area contributed by atoms with Gasteiger partial charge in [-0.2, -0.15) is 5.26 Å². The van der Waals surface area contributed by atoms with Gasteiger partial charge in [0.2, 0.25) is 0 Å². The van der Waals surface area contributed by atoms with Gasteiger partial charge < -0.3 is 4.74 Å². The Kier molecular flexibility index (Phi) is 6.31. The van der Waals surface area contributed by atoms with Crippen molar-refractivity contribution in [3.05, 3.63) is 35.4 Å². The molecule has 0 saturated heterocycles. The number of rotatable bonds is 6. The fraction of sp³-hybridized carbons (Fsp3) is 0.429. The Bertz CT molecular complexity index is 438. The Balaban J connectivity index is 2.29. The largest absolute Gasteiger partial charge is 0.465 e. The molecule has 3 nitrogen and oxygen atoms in total. The average molecular weight is 263 g/mol. The first-order valence-corrected chi connectivity index (χ1v) is 6.99. The minimum Gasteiger partial charge on any atom is -0.465 e. The van der Waals surface area contributed by atoms with E-state index in [1.807, 2.05) is 32.0 Å². The molecule has 18 heavy (non-hydrogen) atoms. The highest BCUT2D eigenvalue weighted by atomic mass is 32.2. The molecule has 0 atom stereocenters. The van der Waals surface area contributed by atoms with Crippen LogP contribution in [-0.4, -0.2) is 18.3 Å². The molecule has 1 rings (SSSR count). The van der Waals surface area contributed by atoms with Crippen molar-refractivity contribution in [3.8, 4) is 6.07 Å². The molecule has 0 aliphatic heterocycles. The molecule has 0 radical (unpaired) electrons. The summed E-state index contributed by atoms with van der Waals surface area (Å²) in [5, 5.41) is 8.77. The SMILES string of the molecule is CC(C)COC(=O)CSCc1cccc(C#N)c1. The van der Waals surface area contributed by atoms with Gasteiger partial charge in [0.1, 0.15) is 0 Å². The number of esters is 1. The first-order valence-electron chi connectivity index (χ1n) is 5.84. The van der Waals surface area contributed by atoms with Crippen LogP contribution in [0, 0.1) is 17.2 Å². The standard InChI is InChI=1S/C14H17NO2S/c1-11(2)8-17-14(16)10-18-9-13-5-3-4-12(6-13)7-15/h3-6,11H,8-10H2,1-2H3. The molecule has 0 aromatic heterocycles. The van der Waals surface area contributed by atoms with E-state index in [1.54, 1.807) is 6.07 Å². The number of thioether (sulfide) groups is 1. The zero-order chi connectivity index (χ0) is 13.4. The summed E-state index contributed by atoms with van der Waals surface area (Å²) in [6.45, 7) is 4.49. The van der Waals surface area contributed by atoms with Gasteiger partial charge >= 0.3 is 5.97 Å². The summed E-state index contributed by atoms with van der Waals surface area (Å²) < 4.78 is 5.07. The Morgan fingerprint density at radius 2 is 2.28 bits per heavy atom. The lowest BCUT2D eigenvalue weighted by molar-refractivity contribution is -0.141. The van der Waals surface area contributed by atoms with E-state index in [9.17, 15) is 4.79 Å². The van der Waals surface area contributed by atoms with Crippen LogP contribution in [0.1, 0.15) is 25.0 Å². The molecule has 0 heterocycles. The van der Waals surface area contributed by atoms with E-state index in [2.05, 4.69) is 6.07 Å². The predicted molar refractivity (Wildman–Crippen MR) is 73.1 cm³/mol. The van der Waals surface area contributed by atoms with Crippen molar-refractivity contribution >= 4 is 17.7 Å². The molecule has 4 heteroatoms. The molecule has 0 unspecified atom stereocenters. The Morgan fingerprint density at radius 3 is 2.94 bits per heavy atom. The van der Waals surface area contributed by atoms with Gasteiger partial charge in [0.15, 0.2) is 0 Å². The lowest BCUT2D eigenvalue weighted by atomic mass is 10.2. The molecule has 0 amide bonds. The second-order valence-corrected chi connectivity index (χ2v) is 5.37. The maximum Gasteiger partial charge on any atom is 0.315 e. The van der Waals surface area contributed by atoms with Gasteiger partial charge in [0.05, 0.1) is 24.0 Å². The number of benzene rings is 1. The highest BCUT2D eigenvalue weighted by Crippen LogP contribution is 2.13. The lowest BCUT2D eigenvalue weighted by Gasteiger charge is -2.07. The van der Waals surface area contributed by atoms with E-state index >= 15 is 0 Å². The molecule has 0 aliphatic carbocycles. The summed E-state index contributed by atoms with van der Waals surface area (Å²) in [4.78, 5) is 11.4. The Hall–Kier alpha value is -1.47. The van der Waals surface area contributed by atoms with Crippen molar-refractivity contribution < 1.29 is 9.53 Å². The van der Waals surface area contributed by atoms with Crippen molar-refractivity contribution in [2.75, 3.05) is 12.4 Å². The summed E-state index contributed by atoms with van der Waals surface area (Å²) in [5.41, 5.74) is 1.70. The van der Waals surface area contributed by atoms with Crippen molar-refractivity contribution in [2.45, 2.75) is 19.6 Å². The van der Waals surface area contributed by atoms with Gasteiger partial charge in [-0.15, -0.1) is 11.8 Å². The minimum atomic E-state index is -0.176. The number of carbonyl (C=O) groups is 1. The first kappa shape index (κ1) is 14.6. The maximum absolute atomic E-state index is 11.4. The second-order valence-electron chi connectivity index (χ2n) is 4.38. The molecular weight excluding hydrogens is 246 g/mol. The smallest absolute Gasteiger partial charge is 0.315 e. The highest BCUT2D eigenvalue weighted by Gasteiger charge is 2.05. The predicted octanol–water partition coefficient (Wildman–Crippen LogP) is 2.99. The third kappa shape index (κ3) is 5.74. The van der Waals surface area contributed by atoms with Crippen LogP contribution in [0.4, 0.5) is 0 Å². The lowest BCUT2D eigenvalue weighted by Crippen LogP contribution is -2.11. The van der Waals surface area contributed by atoms with Crippen LogP contribution < -0.4 is 0 Å². The van der Waals surface area contributed by atoms with E-state index in [0.717, 1.165) is 5.56 Å². The van der Waals surface area contributed by atoms with Gasteiger partial charge in [0.25, 0.3) is 0 Å². The van der Waals surface area contributed by atoms with Crippen LogP contribution in [0.5, 0.6) is 0 Å². The maximum atomic E-state index is 11.4. The number of carbonyl (C=O) groups excluding carboxylic acids is 1. The summed E-state index contributed by atoms with van der Waals surface area (Å²) in [7, 11) is 0. The quantitative estimate of drug-likeness (QED) is 0.740. The van der Waals surface area contributed by atoms with Gasteiger partial charge in [-0.25, -0.2) is 0 Å². The van der Waals surface area contributed by atoms with Gasteiger partial charge in [0, 0.05) is 5.75 Å². The second kappa shape index (κ2) is 7.78. The number of hydrogen-bond donors (Lipinski definition) is 0. The average Bonchev–Trinajstić information content (AvgIpc) is 2.36. The van der Waals surface area contributed by atoms with E-state index in [1.165, 1.54) is 11.8 Å². The van der Waals surface area contributed by atoms with Gasteiger partial charge in [-0.1, -0.05) is 26.0 Å². The molecule has 1 aromatic carbocycles. The molecule has 0 aliphatic rings. The van der Waals surface area contributed by atoms with E-state index < -0.39 is 0 Å². The zero-order valence-electron chi connectivity index (χ0n) is 10.7. The van der Waals surface area contributed by atoms with Crippen LogP contribution in [0.3, 0.4) is 0 Å². The first-order chi connectivity index (χ1) is 8.61. The van der Waals surface area contributed by atoms with Crippen molar-refractivity contribution in [1.82, 2.24) is 0 Å². The summed E-state index contributed by atoms with van der Waals surface area (Å²) in [6, 6.07) is 9.51. The van der Waals surface area contributed by atoms with E-state index in [4.69, 9.17) is 10.00 Å². The fourth-order valence-electron chi connectivity index (χ4n) is 1.28. The topological polar surface area (TPSA) is 50.1 Å². The van der Waals surface area contributed by atoms with Gasteiger partial charge in [-0.3, -0.25) is 4.79 Å². The summed E-state index contributed by atoms with van der Waals surface area (Å²) in [6.07, 6.45) is 0. The molecule has 0 N–H and O–H groups in total. The third-order valence-corrected chi connectivity index (χ3v) is 3.10. The van der Waals surface area contributed by atoms with Crippen LogP contribution >= 0.6 is 11.8 Å². The van der Waals surface area contributed by atoms with Crippen LogP contribution in [0.15, 0.2) is 24.3 Å². The molecule has 0 saturated carbocycles. The summed E-state index contributed by atoms with van der Waals surface area (Å²) >= 11 is 1.50. The molecular formula is C14H17NO2S. The normalized spacial score (nSPS) is 10.1. The number of nitriles is 1. The molecule has 1 aromatic rings. The number of nitrogens with zero attached hydrogens (tertiary/aromatic N) is 1. The van der Waals surface area contributed by atoms with E-state index in [0.29, 0.717) is 29.6 Å². The summed E-state index contributed by atoms with van der Waals surface area (Å²) in [5.74, 6) is 1.26. The van der Waals surface area contributed by atoms with E-state index in [-0.39, 0.29) is 5.97 Å². The Labute approximate surface area is 112 Å². The third-order valence-electron chi connectivity index (χ3n) is 2.12. The van der Waals surface area contributed by atoms with Crippen molar-refractivity contribution in [1.29, 1.82) is 5.26 Å². The molecule has 0 spiro atoms. The monoisotopic (exact) mass is 263 g/mol. The zero-order valence-corrected chi connectivity index (χ0v) is 11.5.